The number of pyridine rings is 1. The second-order valence-corrected chi connectivity index (χ2v) is 3.11. The number of nitrogens with zero attached hydrogens (tertiary/aromatic N) is 1. The Hall–Kier alpha value is -1.69. The molecule has 1 unspecified atom stereocenters. The van der Waals surface area contributed by atoms with Crippen molar-refractivity contribution in [2.24, 2.45) is 0 Å². The van der Waals surface area contributed by atoms with E-state index in [2.05, 4.69) is 23.1 Å². The van der Waals surface area contributed by atoms with Crippen molar-refractivity contribution in [1.82, 2.24) is 4.98 Å². The summed E-state index contributed by atoms with van der Waals surface area (Å²) >= 11 is 0. The van der Waals surface area contributed by atoms with Crippen molar-refractivity contribution in [2.75, 3.05) is 11.1 Å². The Balaban J connectivity index is 2.63. The number of hydrogen-bond acceptors (Lipinski definition) is 3. The molecule has 0 fully saturated rings. The third-order valence-corrected chi connectivity index (χ3v) is 1.98. The minimum absolute atomic E-state index is 0.272. The van der Waals surface area contributed by atoms with Crippen LogP contribution >= 0.6 is 0 Å². The van der Waals surface area contributed by atoms with E-state index in [-0.39, 0.29) is 6.04 Å². The third kappa shape index (κ3) is 2.98. The molecule has 1 aromatic rings. The van der Waals surface area contributed by atoms with E-state index in [1.54, 1.807) is 6.07 Å². The van der Waals surface area contributed by atoms with Gasteiger partial charge in [-0.3, -0.25) is 0 Å². The van der Waals surface area contributed by atoms with Crippen LogP contribution in [0.1, 0.15) is 19.8 Å². The van der Waals surface area contributed by atoms with E-state index in [9.17, 15) is 0 Å². The molecule has 0 aliphatic carbocycles. The summed E-state index contributed by atoms with van der Waals surface area (Å²) in [6.07, 6.45) is 6.93. The largest absolute Gasteiger partial charge is 0.384 e. The van der Waals surface area contributed by atoms with Crippen LogP contribution in [0.25, 0.3) is 0 Å². The molecule has 0 aliphatic rings. The van der Waals surface area contributed by atoms with Crippen LogP contribution in [-0.2, 0) is 0 Å². The molecule has 3 heteroatoms. The number of aromatic nitrogens is 1. The van der Waals surface area contributed by atoms with Gasteiger partial charge in [0.15, 0.2) is 0 Å². The molecule has 1 heterocycles. The minimum Gasteiger partial charge on any atom is -0.384 e. The molecule has 74 valence electrons. The first-order chi connectivity index (χ1) is 6.76. The molecule has 1 atom stereocenters. The predicted octanol–water partition coefficient (Wildman–Crippen LogP) is 1.88. The normalized spacial score (nSPS) is 11.7. The van der Waals surface area contributed by atoms with Gasteiger partial charge in [-0.1, -0.05) is 13.0 Å². The maximum atomic E-state index is 5.56. The third-order valence-electron chi connectivity index (χ3n) is 1.98. The van der Waals surface area contributed by atoms with Crippen molar-refractivity contribution in [1.29, 1.82) is 0 Å². The summed E-state index contributed by atoms with van der Waals surface area (Å²) in [5, 5.41) is 3.24. The molecule has 0 spiro atoms. The molecule has 0 saturated carbocycles. The lowest BCUT2D eigenvalue weighted by Crippen LogP contribution is -2.18. The van der Waals surface area contributed by atoms with Crippen LogP contribution in [0.3, 0.4) is 0 Å². The molecule has 0 aromatic carbocycles. The van der Waals surface area contributed by atoms with Gasteiger partial charge in [-0.05, 0) is 18.6 Å². The van der Waals surface area contributed by atoms with Crippen molar-refractivity contribution in [3.8, 4) is 12.3 Å². The number of terminal acetylenes is 1. The zero-order chi connectivity index (χ0) is 10.4. The summed E-state index contributed by atoms with van der Waals surface area (Å²) in [6, 6.07) is 5.78. The molecular weight excluding hydrogens is 174 g/mol. The summed E-state index contributed by atoms with van der Waals surface area (Å²) in [7, 11) is 0. The molecule has 3 N–H and O–H groups in total. The molecule has 3 nitrogen and oxygen atoms in total. The zero-order valence-corrected chi connectivity index (χ0v) is 8.33. The Morgan fingerprint density at radius 3 is 3.00 bits per heavy atom. The SMILES string of the molecule is C#CCC(CC)Nc1cccc(N)n1. The number of anilines is 2. The Morgan fingerprint density at radius 1 is 1.64 bits per heavy atom. The number of nitrogens with two attached hydrogens (primary N) is 1. The summed E-state index contributed by atoms with van der Waals surface area (Å²) < 4.78 is 0. The molecule has 0 amide bonds. The molecule has 1 rings (SSSR count). The Morgan fingerprint density at radius 2 is 2.43 bits per heavy atom. The van der Waals surface area contributed by atoms with Crippen LogP contribution in [0.4, 0.5) is 11.6 Å². The first-order valence-electron chi connectivity index (χ1n) is 4.68. The fourth-order valence-electron chi connectivity index (χ4n) is 1.18. The van der Waals surface area contributed by atoms with Crippen LogP contribution in [0.15, 0.2) is 18.2 Å². The highest BCUT2D eigenvalue weighted by molar-refractivity contribution is 5.42. The van der Waals surface area contributed by atoms with E-state index >= 15 is 0 Å². The van der Waals surface area contributed by atoms with Gasteiger partial charge in [0.25, 0.3) is 0 Å². The quantitative estimate of drug-likeness (QED) is 0.711. The molecule has 1 aromatic heterocycles. The van der Waals surface area contributed by atoms with Gasteiger partial charge in [-0.25, -0.2) is 4.98 Å². The highest BCUT2D eigenvalue weighted by Gasteiger charge is 2.04. The molecule has 0 aliphatic heterocycles. The van der Waals surface area contributed by atoms with Gasteiger partial charge in [0.2, 0.25) is 0 Å². The molecule has 0 saturated heterocycles. The number of nitrogen functional groups attached to an aromatic ring is 1. The van der Waals surface area contributed by atoms with Gasteiger partial charge < -0.3 is 11.1 Å². The standard InChI is InChI=1S/C11H15N3/c1-3-6-9(4-2)13-11-8-5-7-10(12)14-11/h1,5,7-9H,4,6H2,2H3,(H3,12,13,14). The van der Waals surface area contributed by atoms with E-state index < -0.39 is 0 Å². The number of rotatable bonds is 4. The summed E-state index contributed by atoms with van der Waals surface area (Å²) in [6.45, 7) is 2.08. The van der Waals surface area contributed by atoms with Crippen LogP contribution in [0.2, 0.25) is 0 Å². The van der Waals surface area contributed by atoms with Crippen LogP contribution < -0.4 is 11.1 Å². The van der Waals surface area contributed by atoms with Crippen LogP contribution in [-0.4, -0.2) is 11.0 Å². The van der Waals surface area contributed by atoms with E-state index in [1.807, 2.05) is 12.1 Å². The smallest absolute Gasteiger partial charge is 0.128 e. The van der Waals surface area contributed by atoms with Crippen molar-refractivity contribution in [3.63, 3.8) is 0 Å². The first-order valence-corrected chi connectivity index (χ1v) is 4.68. The Bertz CT molecular complexity index is 328. The van der Waals surface area contributed by atoms with E-state index in [0.717, 1.165) is 12.2 Å². The van der Waals surface area contributed by atoms with E-state index in [1.165, 1.54) is 0 Å². The van der Waals surface area contributed by atoms with Crippen molar-refractivity contribution >= 4 is 11.6 Å². The maximum Gasteiger partial charge on any atom is 0.128 e. The molecule has 14 heavy (non-hydrogen) atoms. The fraction of sp³-hybridized carbons (Fsp3) is 0.364. The average Bonchev–Trinajstić information content (AvgIpc) is 2.17. The second kappa shape index (κ2) is 5.13. The average molecular weight is 189 g/mol. The van der Waals surface area contributed by atoms with Crippen LogP contribution in [0, 0.1) is 12.3 Å². The van der Waals surface area contributed by atoms with Gasteiger partial charge in [0.1, 0.15) is 11.6 Å². The Kier molecular flexibility index (Phi) is 3.81. The highest BCUT2D eigenvalue weighted by atomic mass is 15.0. The van der Waals surface area contributed by atoms with Gasteiger partial charge in [0.05, 0.1) is 0 Å². The molecule has 0 radical (unpaired) electrons. The van der Waals surface area contributed by atoms with E-state index in [4.69, 9.17) is 12.2 Å². The predicted molar refractivity (Wildman–Crippen MR) is 59.8 cm³/mol. The summed E-state index contributed by atoms with van der Waals surface area (Å²) in [5.74, 6) is 3.94. The van der Waals surface area contributed by atoms with E-state index in [0.29, 0.717) is 12.2 Å². The first kappa shape index (κ1) is 10.4. The van der Waals surface area contributed by atoms with Crippen molar-refractivity contribution in [2.45, 2.75) is 25.8 Å². The van der Waals surface area contributed by atoms with Crippen LogP contribution in [0.5, 0.6) is 0 Å². The lowest BCUT2D eigenvalue weighted by Gasteiger charge is -2.14. The van der Waals surface area contributed by atoms with Gasteiger partial charge in [0, 0.05) is 12.5 Å². The Labute approximate surface area is 84.7 Å². The monoisotopic (exact) mass is 189 g/mol. The molecular formula is C11H15N3. The number of nitrogens with one attached hydrogen (secondary N) is 1. The molecule has 0 bridgehead atoms. The van der Waals surface area contributed by atoms with Crippen molar-refractivity contribution < 1.29 is 0 Å². The van der Waals surface area contributed by atoms with Gasteiger partial charge in [-0.15, -0.1) is 12.3 Å². The number of hydrogen-bond donors (Lipinski definition) is 2. The van der Waals surface area contributed by atoms with Gasteiger partial charge in [-0.2, -0.15) is 0 Å². The maximum absolute atomic E-state index is 5.56. The van der Waals surface area contributed by atoms with Crippen molar-refractivity contribution in [3.05, 3.63) is 18.2 Å². The zero-order valence-electron chi connectivity index (χ0n) is 8.33. The lowest BCUT2D eigenvalue weighted by atomic mass is 10.1. The summed E-state index contributed by atoms with van der Waals surface area (Å²) in [5.41, 5.74) is 5.56. The fourth-order valence-corrected chi connectivity index (χ4v) is 1.18. The lowest BCUT2D eigenvalue weighted by molar-refractivity contribution is 0.712. The van der Waals surface area contributed by atoms with Gasteiger partial charge >= 0.3 is 0 Å². The minimum atomic E-state index is 0.272. The summed E-state index contributed by atoms with van der Waals surface area (Å²) in [4.78, 5) is 4.14. The second-order valence-electron chi connectivity index (χ2n) is 3.11. The topological polar surface area (TPSA) is 50.9 Å². The highest BCUT2D eigenvalue weighted by Crippen LogP contribution is 2.10.